The number of nitrogens with one attached hydrogen (secondary N) is 1. The fourth-order valence-electron chi connectivity index (χ4n) is 2.61. The maximum absolute atomic E-state index is 12.2. The average molecular weight is 285 g/mol. The summed E-state index contributed by atoms with van der Waals surface area (Å²) >= 11 is 0. The third kappa shape index (κ3) is 5.00. The van der Waals surface area contributed by atoms with E-state index in [0.29, 0.717) is 13.0 Å². The molecule has 2 N–H and O–H groups in total. The number of rotatable bonds is 7. The maximum atomic E-state index is 12.2. The minimum absolute atomic E-state index is 0.186. The number of nitrogens with zero attached hydrogens (tertiary/aromatic N) is 2. The van der Waals surface area contributed by atoms with Gasteiger partial charge >= 0.3 is 12.0 Å². The van der Waals surface area contributed by atoms with E-state index in [1.807, 2.05) is 21.0 Å². The number of carboxylic acid groups (broad SMARTS) is 1. The van der Waals surface area contributed by atoms with Crippen LogP contribution in [0.25, 0.3) is 0 Å². The van der Waals surface area contributed by atoms with Gasteiger partial charge in [-0.3, -0.25) is 0 Å². The Hall–Kier alpha value is -1.30. The second-order valence-electron chi connectivity index (χ2n) is 5.73. The van der Waals surface area contributed by atoms with Crippen LogP contribution in [0.1, 0.15) is 39.0 Å². The summed E-state index contributed by atoms with van der Waals surface area (Å²) in [5.41, 5.74) is 0. The van der Waals surface area contributed by atoms with Crippen LogP contribution in [-0.2, 0) is 4.79 Å². The highest BCUT2D eigenvalue weighted by Gasteiger charge is 2.31. The highest BCUT2D eigenvalue weighted by Crippen LogP contribution is 2.18. The number of urea groups is 1. The quantitative estimate of drug-likeness (QED) is 0.741. The molecule has 2 unspecified atom stereocenters. The second kappa shape index (κ2) is 8.09. The third-order valence-electron chi connectivity index (χ3n) is 3.66. The molecule has 1 aliphatic heterocycles. The number of carboxylic acids is 1. The van der Waals surface area contributed by atoms with Gasteiger partial charge in [0, 0.05) is 19.1 Å². The zero-order valence-electron chi connectivity index (χ0n) is 12.8. The van der Waals surface area contributed by atoms with Crippen LogP contribution in [0.3, 0.4) is 0 Å². The zero-order chi connectivity index (χ0) is 15.1. The van der Waals surface area contributed by atoms with Gasteiger partial charge in [0.05, 0.1) is 0 Å². The van der Waals surface area contributed by atoms with Crippen molar-refractivity contribution in [1.82, 2.24) is 15.1 Å². The highest BCUT2D eigenvalue weighted by molar-refractivity contribution is 5.82. The molecule has 0 bridgehead atoms. The van der Waals surface area contributed by atoms with Gasteiger partial charge < -0.3 is 20.2 Å². The highest BCUT2D eigenvalue weighted by atomic mass is 16.4. The molecule has 0 aliphatic carbocycles. The first-order valence-electron chi connectivity index (χ1n) is 7.40. The van der Waals surface area contributed by atoms with Crippen molar-refractivity contribution in [2.75, 3.05) is 27.2 Å². The van der Waals surface area contributed by atoms with Crippen molar-refractivity contribution in [3.63, 3.8) is 0 Å². The van der Waals surface area contributed by atoms with Crippen molar-refractivity contribution in [1.29, 1.82) is 0 Å². The Kier molecular flexibility index (Phi) is 6.78. The van der Waals surface area contributed by atoms with Gasteiger partial charge in [-0.15, -0.1) is 0 Å². The molecular weight excluding hydrogens is 258 g/mol. The monoisotopic (exact) mass is 285 g/mol. The lowest BCUT2D eigenvalue weighted by atomic mass is 10.1. The molecule has 1 saturated heterocycles. The third-order valence-corrected chi connectivity index (χ3v) is 3.66. The normalized spacial score (nSPS) is 20.2. The number of aliphatic carboxylic acids is 1. The minimum Gasteiger partial charge on any atom is -0.480 e. The maximum Gasteiger partial charge on any atom is 0.326 e. The Morgan fingerprint density at radius 3 is 2.70 bits per heavy atom. The van der Waals surface area contributed by atoms with Crippen LogP contribution >= 0.6 is 0 Å². The van der Waals surface area contributed by atoms with Crippen molar-refractivity contribution >= 4 is 12.0 Å². The SMILES string of the molecule is CCCCC(NC(=O)N1CCCC1CN(C)C)C(=O)O. The minimum atomic E-state index is -0.949. The van der Waals surface area contributed by atoms with Crippen LogP contribution in [0.15, 0.2) is 0 Å². The molecule has 1 rings (SSSR count). The van der Waals surface area contributed by atoms with E-state index in [2.05, 4.69) is 10.2 Å². The lowest BCUT2D eigenvalue weighted by Crippen LogP contribution is -2.51. The van der Waals surface area contributed by atoms with Crippen LogP contribution in [-0.4, -0.2) is 66.2 Å². The molecule has 0 radical (unpaired) electrons. The summed E-state index contributed by atoms with van der Waals surface area (Å²) in [5.74, 6) is -0.949. The zero-order valence-corrected chi connectivity index (χ0v) is 12.8. The molecule has 1 aliphatic rings. The number of likely N-dealkylation sites (N-methyl/N-ethyl adjacent to an activating group) is 1. The van der Waals surface area contributed by atoms with Crippen molar-refractivity contribution in [2.45, 2.75) is 51.1 Å². The number of likely N-dealkylation sites (tertiary alicyclic amines) is 1. The summed E-state index contributed by atoms with van der Waals surface area (Å²) in [6.45, 7) is 3.54. The van der Waals surface area contributed by atoms with E-state index in [1.54, 1.807) is 4.90 Å². The van der Waals surface area contributed by atoms with Gasteiger partial charge in [0.25, 0.3) is 0 Å². The fraction of sp³-hybridized carbons (Fsp3) is 0.857. The van der Waals surface area contributed by atoms with Crippen molar-refractivity contribution in [2.24, 2.45) is 0 Å². The molecule has 0 aromatic rings. The standard InChI is InChI=1S/C14H27N3O3/c1-4-5-8-12(13(18)19)15-14(20)17-9-6-7-11(17)10-16(2)3/h11-12H,4-10H2,1-3H3,(H,15,20)(H,18,19). The molecule has 6 nitrogen and oxygen atoms in total. The Morgan fingerprint density at radius 1 is 1.45 bits per heavy atom. The smallest absolute Gasteiger partial charge is 0.326 e. The molecular formula is C14H27N3O3. The molecule has 2 amide bonds. The molecule has 0 aromatic heterocycles. The van der Waals surface area contributed by atoms with Crippen LogP contribution in [0.2, 0.25) is 0 Å². The van der Waals surface area contributed by atoms with Gasteiger partial charge in [-0.05, 0) is 33.4 Å². The van der Waals surface area contributed by atoms with Crippen LogP contribution < -0.4 is 5.32 Å². The Labute approximate surface area is 121 Å². The molecule has 20 heavy (non-hydrogen) atoms. The predicted molar refractivity (Wildman–Crippen MR) is 77.8 cm³/mol. The summed E-state index contributed by atoms with van der Waals surface area (Å²) in [6, 6.07) is -0.827. The van der Waals surface area contributed by atoms with Crippen LogP contribution in [0, 0.1) is 0 Å². The summed E-state index contributed by atoms with van der Waals surface area (Å²) in [4.78, 5) is 27.3. The van der Waals surface area contributed by atoms with Gasteiger partial charge in [0.15, 0.2) is 0 Å². The number of hydrogen-bond acceptors (Lipinski definition) is 3. The Balaban J connectivity index is 2.56. The fourth-order valence-corrected chi connectivity index (χ4v) is 2.61. The Bertz CT molecular complexity index is 334. The summed E-state index contributed by atoms with van der Waals surface area (Å²) < 4.78 is 0. The van der Waals surface area contributed by atoms with E-state index < -0.39 is 12.0 Å². The number of hydrogen-bond donors (Lipinski definition) is 2. The number of unbranched alkanes of at least 4 members (excludes halogenated alkanes) is 1. The number of amides is 2. The van der Waals surface area contributed by atoms with Crippen molar-refractivity contribution < 1.29 is 14.7 Å². The van der Waals surface area contributed by atoms with Gasteiger partial charge in [-0.25, -0.2) is 9.59 Å². The molecule has 2 atom stereocenters. The van der Waals surface area contributed by atoms with Crippen LogP contribution in [0.5, 0.6) is 0 Å². The number of carbonyl (C=O) groups is 2. The van der Waals surface area contributed by atoms with Gasteiger partial charge in [-0.1, -0.05) is 19.8 Å². The molecule has 6 heteroatoms. The van der Waals surface area contributed by atoms with Crippen molar-refractivity contribution in [3.8, 4) is 0 Å². The molecule has 116 valence electrons. The van der Waals surface area contributed by atoms with E-state index >= 15 is 0 Å². The first-order valence-corrected chi connectivity index (χ1v) is 7.40. The summed E-state index contributed by atoms with van der Waals surface area (Å²) in [5, 5.41) is 11.8. The molecule has 0 aromatic carbocycles. The molecule has 0 saturated carbocycles. The van der Waals surface area contributed by atoms with E-state index in [9.17, 15) is 9.59 Å². The first kappa shape index (κ1) is 16.8. The van der Waals surface area contributed by atoms with Crippen LogP contribution in [0.4, 0.5) is 4.79 Å². The van der Waals surface area contributed by atoms with Gasteiger partial charge in [-0.2, -0.15) is 0 Å². The molecule has 1 fully saturated rings. The van der Waals surface area contributed by atoms with E-state index in [1.165, 1.54) is 0 Å². The van der Waals surface area contributed by atoms with Crippen molar-refractivity contribution in [3.05, 3.63) is 0 Å². The topological polar surface area (TPSA) is 72.9 Å². The molecule has 0 spiro atoms. The predicted octanol–water partition coefficient (Wildman–Crippen LogP) is 1.37. The Morgan fingerprint density at radius 2 is 2.15 bits per heavy atom. The van der Waals surface area contributed by atoms with Gasteiger partial charge in [0.2, 0.25) is 0 Å². The largest absolute Gasteiger partial charge is 0.480 e. The van der Waals surface area contributed by atoms with E-state index in [0.717, 1.165) is 32.2 Å². The number of carbonyl (C=O) groups excluding carboxylic acids is 1. The molecule has 1 heterocycles. The van der Waals surface area contributed by atoms with E-state index in [4.69, 9.17) is 5.11 Å². The lowest BCUT2D eigenvalue weighted by molar-refractivity contribution is -0.139. The van der Waals surface area contributed by atoms with Gasteiger partial charge in [0.1, 0.15) is 6.04 Å². The average Bonchev–Trinajstić information content (AvgIpc) is 2.81. The van der Waals surface area contributed by atoms with E-state index in [-0.39, 0.29) is 12.1 Å². The second-order valence-corrected chi connectivity index (χ2v) is 5.73. The lowest BCUT2D eigenvalue weighted by Gasteiger charge is -2.28. The summed E-state index contributed by atoms with van der Waals surface area (Å²) in [7, 11) is 3.96. The summed E-state index contributed by atoms with van der Waals surface area (Å²) in [6.07, 6.45) is 4.19. The first-order chi connectivity index (χ1) is 9.45.